The van der Waals surface area contributed by atoms with E-state index in [0.29, 0.717) is 28.4 Å². The van der Waals surface area contributed by atoms with Crippen molar-refractivity contribution in [3.05, 3.63) is 58.3 Å². The maximum Gasteiger partial charge on any atom is 0.171 e. The lowest BCUT2D eigenvalue weighted by atomic mass is 10.2. The Labute approximate surface area is 143 Å². The highest BCUT2D eigenvalue weighted by atomic mass is 79.9. The van der Waals surface area contributed by atoms with Crippen LogP contribution in [-0.2, 0) is 6.54 Å². The number of rotatable bonds is 5. The van der Waals surface area contributed by atoms with Crippen LogP contribution in [0.1, 0.15) is 12.5 Å². The summed E-state index contributed by atoms with van der Waals surface area (Å²) in [5, 5.41) is 6.25. The molecule has 0 aliphatic heterocycles. The zero-order valence-corrected chi connectivity index (χ0v) is 14.4. The van der Waals surface area contributed by atoms with Crippen LogP contribution in [0, 0.1) is 5.82 Å². The van der Waals surface area contributed by atoms with Crippen molar-refractivity contribution in [2.45, 2.75) is 13.5 Å². The summed E-state index contributed by atoms with van der Waals surface area (Å²) in [7, 11) is 0. The van der Waals surface area contributed by atoms with Gasteiger partial charge in [-0.25, -0.2) is 4.39 Å². The third kappa shape index (κ3) is 4.96. The fraction of sp³-hybridized carbons (Fsp3) is 0.188. The third-order valence-corrected chi connectivity index (χ3v) is 3.58. The molecule has 0 spiro atoms. The van der Waals surface area contributed by atoms with Gasteiger partial charge in [-0.15, -0.1) is 0 Å². The minimum Gasteiger partial charge on any atom is -0.494 e. The first kappa shape index (κ1) is 16.7. The minimum absolute atomic E-state index is 0.337. The predicted octanol–water partition coefficient (Wildman–Crippen LogP) is 4.47. The van der Waals surface area contributed by atoms with Crippen LogP contribution in [0.25, 0.3) is 0 Å². The van der Waals surface area contributed by atoms with Gasteiger partial charge in [-0.3, -0.25) is 0 Å². The second-order valence-corrected chi connectivity index (χ2v) is 5.84. The number of thiocarbonyl (C=S) groups is 1. The molecule has 0 amide bonds. The summed E-state index contributed by atoms with van der Waals surface area (Å²) in [5.74, 6) is 0.455. The molecule has 0 aromatic heterocycles. The molecule has 2 aromatic carbocycles. The quantitative estimate of drug-likeness (QED) is 0.747. The molecule has 0 aliphatic rings. The normalized spacial score (nSPS) is 10.1. The molecule has 0 radical (unpaired) electrons. The van der Waals surface area contributed by atoms with E-state index >= 15 is 0 Å². The standard InChI is InChI=1S/C16H16BrFN2OS/c1-2-21-13-5-3-4-11(8-13)10-19-16(22)20-15-7-6-12(17)9-14(15)18/h3-9H,2,10H2,1H3,(H2,19,20,22). The number of hydrogen-bond acceptors (Lipinski definition) is 2. The van der Waals surface area contributed by atoms with Gasteiger partial charge in [0.2, 0.25) is 0 Å². The molecule has 116 valence electrons. The van der Waals surface area contributed by atoms with E-state index < -0.39 is 0 Å². The first-order chi connectivity index (χ1) is 10.6. The molecule has 2 rings (SSSR count). The molecule has 22 heavy (non-hydrogen) atoms. The van der Waals surface area contributed by atoms with Crippen LogP contribution in [-0.4, -0.2) is 11.7 Å². The fourth-order valence-electron chi connectivity index (χ4n) is 1.85. The van der Waals surface area contributed by atoms with Crippen molar-refractivity contribution in [2.75, 3.05) is 11.9 Å². The average molecular weight is 383 g/mol. The monoisotopic (exact) mass is 382 g/mol. The largest absolute Gasteiger partial charge is 0.494 e. The molecule has 0 fully saturated rings. The molecule has 2 N–H and O–H groups in total. The highest BCUT2D eigenvalue weighted by molar-refractivity contribution is 9.10. The maximum atomic E-state index is 13.7. The first-order valence-corrected chi connectivity index (χ1v) is 8.00. The molecule has 0 unspecified atom stereocenters. The molecule has 0 aliphatic carbocycles. The van der Waals surface area contributed by atoms with Crippen LogP contribution in [0.5, 0.6) is 5.75 Å². The van der Waals surface area contributed by atoms with Crippen LogP contribution in [0.2, 0.25) is 0 Å². The lowest BCUT2D eigenvalue weighted by molar-refractivity contribution is 0.340. The fourth-order valence-corrected chi connectivity index (χ4v) is 2.37. The molecule has 0 heterocycles. The molecular weight excluding hydrogens is 367 g/mol. The molecule has 0 bridgehead atoms. The second kappa shape index (κ2) is 8.10. The van der Waals surface area contributed by atoms with Gasteiger partial charge < -0.3 is 15.4 Å². The van der Waals surface area contributed by atoms with Gasteiger partial charge in [0.05, 0.1) is 12.3 Å². The Morgan fingerprint density at radius 1 is 1.27 bits per heavy atom. The van der Waals surface area contributed by atoms with Crippen LogP contribution >= 0.6 is 28.1 Å². The van der Waals surface area contributed by atoms with Crippen molar-refractivity contribution in [1.82, 2.24) is 5.32 Å². The van der Waals surface area contributed by atoms with E-state index in [1.54, 1.807) is 12.1 Å². The maximum absolute atomic E-state index is 13.7. The highest BCUT2D eigenvalue weighted by Crippen LogP contribution is 2.19. The molecule has 6 heteroatoms. The summed E-state index contributed by atoms with van der Waals surface area (Å²) in [4.78, 5) is 0. The zero-order chi connectivity index (χ0) is 15.9. The highest BCUT2D eigenvalue weighted by Gasteiger charge is 2.05. The number of ether oxygens (including phenoxy) is 1. The smallest absolute Gasteiger partial charge is 0.171 e. The lowest BCUT2D eigenvalue weighted by Gasteiger charge is -2.12. The lowest BCUT2D eigenvalue weighted by Crippen LogP contribution is -2.28. The van der Waals surface area contributed by atoms with Gasteiger partial charge in [0, 0.05) is 11.0 Å². The van der Waals surface area contributed by atoms with Gasteiger partial charge in [-0.05, 0) is 55.0 Å². The summed E-state index contributed by atoms with van der Waals surface area (Å²) >= 11 is 8.40. The number of benzene rings is 2. The Bertz CT molecular complexity index is 666. The Morgan fingerprint density at radius 3 is 2.82 bits per heavy atom. The number of halogens is 2. The van der Waals surface area contributed by atoms with Gasteiger partial charge in [-0.1, -0.05) is 28.1 Å². The van der Waals surface area contributed by atoms with Gasteiger partial charge in [0.1, 0.15) is 11.6 Å². The molecular formula is C16H16BrFN2OS. The topological polar surface area (TPSA) is 33.3 Å². The third-order valence-electron chi connectivity index (χ3n) is 2.84. The summed E-state index contributed by atoms with van der Waals surface area (Å²) in [6.45, 7) is 3.10. The first-order valence-electron chi connectivity index (χ1n) is 6.80. The summed E-state index contributed by atoms with van der Waals surface area (Å²) in [5.41, 5.74) is 1.37. The van der Waals surface area contributed by atoms with Crippen LogP contribution in [0.15, 0.2) is 46.9 Å². The Balaban J connectivity index is 1.91. The van der Waals surface area contributed by atoms with Gasteiger partial charge in [0.25, 0.3) is 0 Å². The molecule has 0 atom stereocenters. The van der Waals surface area contributed by atoms with E-state index in [1.807, 2.05) is 31.2 Å². The van der Waals surface area contributed by atoms with E-state index in [4.69, 9.17) is 17.0 Å². The number of anilines is 1. The van der Waals surface area contributed by atoms with Crippen molar-refractivity contribution in [3.63, 3.8) is 0 Å². The number of hydrogen-bond donors (Lipinski definition) is 2. The van der Waals surface area contributed by atoms with Crippen molar-refractivity contribution < 1.29 is 9.13 Å². The van der Waals surface area contributed by atoms with E-state index in [-0.39, 0.29) is 5.82 Å². The second-order valence-electron chi connectivity index (χ2n) is 4.51. The van der Waals surface area contributed by atoms with Gasteiger partial charge >= 0.3 is 0 Å². The van der Waals surface area contributed by atoms with E-state index in [9.17, 15) is 4.39 Å². The van der Waals surface area contributed by atoms with Crippen molar-refractivity contribution >= 4 is 38.9 Å². The van der Waals surface area contributed by atoms with Crippen LogP contribution in [0.3, 0.4) is 0 Å². The molecule has 0 saturated carbocycles. The van der Waals surface area contributed by atoms with Crippen molar-refractivity contribution in [3.8, 4) is 5.75 Å². The SMILES string of the molecule is CCOc1cccc(CNC(=S)Nc2ccc(Br)cc2F)c1. The van der Waals surface area contributed by atoms with Gasteiger partial charge in [0.15, 0.2) is 5.11 Å². The van der Waals surface area contributed by atoms with Crippen LogP contribution < -0.4 is 15.4 Å². The van der Waals surface area contributed by atoms with E-state index in [2.05, 4.69) is 26.6 Å². The number of nitrogens with one attached hydrogen (secondary N) is 2. The Hall–Kier alpha value is -1.66. The summed E-state index contributed by atoms with van der Waals surface area (Å²) in [6, 6.07) is 12.5. The minimum atomic E-state index is -0.364. The predicted molar refractivity (Wildman–Crippen MR) is 94.8 cm³/mol. The van der Waals surface area contributed by atoms with Crippen molar-refractivity contribution in [2.24, 2.45) is 0 Å². The average Bonchev–Trinajstić information content (AvgIpc) is 2.49. The van der Waals surface area contributed by atoms with E-state index in [1.165, 1.54) is 6.07 Å². The zero-order valence-electron chi connectivity index (χ0n) is 12.0. The molecule has 2 aromatic rings. The summed E-state index contributed by atoms with van der Waals surface area (Å²) in [6.07, 6.45) is 0. The Kier molecular flexibility index (Phi) is 6.15. The molecule has 3 nitrogen and oxygen atoms in total. The molecule has 0 saturated heterocycles. The van der Waals surface area contributed by atoms with Crippen molar-refractivity contribution in [1.29, 1.82) is 0 Å². The Morgan fingerprint density at radius 2 is 2.09 bits per heavy atom. The van der Waals surface area contributed by atoms with Gasteiger partial charge in [-0.2, -0.15) is 0 Å². The summed E-state index contributed by atoms with van der Waals surface area (Å²) < 4.78 is 19.8. The van der Waals surface area contributed by atoms with Crippen LogP contribution in [0.4, 0.5) is 10.1 Å². The van der Waals surface area contributed by atoms with E-state index in [0.717, 1.165) is 11.3 Å².